The largest absolute Gasteiger partial charge is 0.497 e. The molecular formula is C33H51N5O7. The molecule has 0 bridgehead atoms. The van der Waals surface area contributed by atoms with Gasteiger partial charge in [-0.25, -0.2) is 9.78 Å². The topological polar surface area (TPSA) is 116 Å². The van der Waals surface area contributed by atoms with E-state index in [0.29, 0.717) is 69.5 Å². The number of hydrogen-bond acceptors (Lipinski definition) is 8. The van der Waals surface area contributed by atoms with Crippen LogP contribution in [0.25, 0.3) is 11.0 Å². The maximum Gasteiger partial charge on any atom is 0.410 e. The molecule has 1 aromatic carbocycles. The van der Waals surface area contributed by atoms with E-state index >= 15 is 0 Å². The van der Waals surface area contributed by atoms with Crippen LogP contribution in [0.3, 0.4) is 0 Å². The SMILES string of the molecule is COCCCCn1c(C(=O)N(CC(C)C)C2CC(C(=O)N3CCOCC3)CN(C(=O)OC(C)(C)C)C2)nc2ccc(OC)cc21. The van der Waals surface area contributed by atoms with Crippen LogP contribution in [0.2, 0.25) is 0 Å². The highest BCUT2D eigenvalue weighted by molar-refractivity contribution is 5.95. The fourth-order valence-electron chi connectivity index (χ4n) is 6.05. The summed E-state index contributed by atoms with van der Waals surface area (Å²) >= 11 is 0. The van der Waals surface area contributed by atoms with Crippen LogP contribution in [-0.2, 0) is 25.5 Å². The third-order valence-corrected chi connectivity index (χ3v) is 8.14. The summed E-state index contributed by atoms with van der Waals surface area (Å²) < 4.78 is 23.9. The van der Waals surface area contributed by atoms with E-state index < -0.39 is 23.7 Å². The first-order chi connectivity index (χ1) is 21.4. The van der Waals surface area contributed by atoms with Crippen molar-refractivity contribution in [1.29, 1.82) is 0 Å². The number of morpholine rings is 1. The number of benzene rings is 1. The first kappa shape index (κ1) is 34.5. The molecule has 1 aromatic heterocycles. The average molecular weight is 630 g/mol. The summed E-state index contributed by atoms with van der Waals surface area (Å²) in [6, 6.07) is 5.20. The summed E-state index contributed by atoms with van der Waals surface area (Å²) in [5.41, 5.74) is 0.824. The highest BCUT2D eigenvalue weighted by Crippen LogP contribution is 2.29. The van der Waals surface area contributed by atoms with Crippen molar-refractivity contribution >= 4 is 28.9 Å². The van der Waals surface area contributed by atoms with Gasteiger partial charge in [-0.1, -0.05) is 13.8 Å². The molecular weight excluding hydrogens is 578 g/mol. The van der Waals surface area contributed by atoms with Gasteiger partial charge in [0, 0.05) is 59.1 Å². The molecule has 2 fully saturated rings. The molecule has 0 aliphatic carbocycles. The van der Waals surface area contributed by atoms with Gasteiger partial charge in [0.05, 0.1) is 43.3 Å². The lowest BCUT2D eigenvalue weighted by molar-refractivity contribution is -0.142. The fourth-order valence-corrected chi connectivity index (χ4v) is 6.05. The zero-order valence-corrected chi connectivity index (χ0v) is 28.0. The molecule has 12 nitrogen and oxygen atoms in total. The van der Waals surface area contributed by atoms with Crippen molar-refractivity contribution in [2.24, 2.45) is 11.8 Å². The third-order valence-electron chi connectivity index (χ3n) is 8.14. The molecule has 0 N–H and O–H groups in total. The second kappa shape index (κ2) is 15.3. The van der Waals surface area contributed by atoms with Crippen LogP contribution in [-0.4, -0.2) is 121 Å². The van der Waals surface area contributed by atoms with Gasteiger partial charge >= 0.3 is 6.09 Å². The number of nitrogens with zero attached hydrogens (tertiary/aromatic N) is 5. The normalized spacial score (nSPS) is 19.2. The molecule has 3 amide bonds. The summed E-state index contributed by atoms with van der Waals surface area (Å²) in [4.78, 5) is 51.9. The minimum atomic E-state index is -0.699. The van der Waals surface area contributed by atoms with E-state index in [1.807, 2.05) is 53.3 Å². The Hall–Kier alpha value is -3.38. The number of amides is 3. The predicted molar refractivity (Wildman–Crippen MR) is 170 cm³/mol. The van der Waals surface area contributed by atoms with E-state index in [0.717, 1.165) is 18.4 Å². The highest BCUT2D eigenvalue weighted by Gasteiger charge is 2.42. The first-order valence-electron chi connectivity index (χ1n) is 16.1. The minimum Gasteiger partial charge on any atom is -0.497 e. The Balaban J connectivity index is 1.71. The van der Waals surface area contributed by atoms with Crippen LogP contribution in [0.15, 0.2) is 18.2 Å². The number of unbranched alkanes of at least 4 members (excludes halogenated alkanes) is 1. The number of hydrogen-bond donors (Lipinski definition) is 0. The second-order valence-corrected chi connectivity index (χ2v) is 13.4. The molecule has 250 valence electrons. The average Bonchev–Trinajstić information content (AvgIpc) is 3.38. The number of methoxy groups -OCH3 is 2. The summed E-state index contributed by atoms with van der Waals surface area (Å²) in [7, 11) is 3.29. The summed E-state index contributed by atoms with van der Waals surface area (Å²) in [6.07, 6.45) is 1.59. The quantitative estimate of drug-likeness (QED) is 0.342. The van der Waals surface area contributed by atoms with E-state index in [1.54, 1.807) is 19.1 Å². The van der Waals surface area contributed by atoms with Gasteiger partial charge in [0.1, 0.15) is 11.4 Å². The predicted octanol–water partition coefficient (Wildman–Crippen LogP) is 4.05. The molecule has 12 heteroatoms. The number of carbonyl (C=O) groups is 3. The molecule has 2 unspecified atom stereocenters. The zero-order valence-electron chi connectivity index (χ0n) is 28.0. The third kappa shape index (κ3) is 8.88. The van der Waals surface area contributed by atoms with Gasteiger partial charge < -0.3 is 38.2 Å². The molecule has 3 heterocycles. The zero-order chi connectivity index (χ0) is 32.7. The van der Waals surface area contributed by atoms with Crippen molar-refractivity contribution in [2.45, 2.75) is 72.1 Å². The van der Waals surface area contributed by atoms with Crippen molar-refractivity contribution in [2.75, 3.05) is 66.8 Å². The van der Waals surface area contributed by atoms with Crippen molar-refractivity contribution in [3.63, 3.8) is 0 Å². The molecule has 0 radical (unpaired) electrons. The second-order valence-electron chi connectivity index (χ2n) is 13.4. The van der Waals surface area contributed by atoms with Gasteiger partial charge in [-0.2, -0.15) is 0 Å². The molecule has 2 aromatic rings. The van der Waals surface area contributed by atoms with Crippen LogP contribution in [0.5, 0.6) is 5.75 Å². The molecule has 0 saturated carbocycles. The summed E-state index contributed by atoms with van der Waals surface area (Å²) in [5.74, 6) is 0.433. The minimum absolute atomic E-state index is 0.0222. The highest BCUT2D eigenvalue weighted by atomic mass is 16.6. The van der Waals surface area contributed by atoms with Crippen LogP contribution >= 0.6 is 0 Å². The maximum absolute atomic E-state index is 14.6. The van der Waals surface area contributed by atoms with Crippen molar-refractivity contribution in [3.05, 3.63) is 24.0 Å². The maximum atomic E-state index is 14.6. The number of aromatic nitrogens is 2. The molecule has 0 spiro atoms. The number of ether oxygens (including phenoxy) is 4. The van der Waals surface area contributed by atoms with E-state index in [2.05, 4.69) is 13.8 Å². The Bertz CT molecular complexity index is 1310. The molecule has 45 heavy (non-hydrogen) atoms. The lowest BCUT2D eigenvalue weighted by atomic mass is 9.91. The van der Waals surface area contributed by atoms with E-state index in [9.17, 15) is 14.4 Å². The Morgan fingerprint density at radius 1 is 1.07 bits per heavy atom. The van der Waals surface area contributed by atoms with Gasteiger partial charge in [0.25, 0.3) is 5.91 Å². The Morgan fingerprint density at radius 2 is 1.80 bits per heavy atom. The first-order valence-corrected chi connectivity index (χ1v) is 16.1. The molecule has 4 rings (SSSR count). The summed E-state index contributed by atoms with van der Waals surface area (Å²) in [6.45, 7) is 13.7. The van der Waals surface area contributed by atoms with Crippen LogP contribution in [0.1, 0.15) is 64.5 Å². The van der Waals surface area contributed by atoms with E-state index in [-0.39, 0.29) is 30.8 Å². The number of piperidine rings is 1. The lowest BCUT2D eigenvalue weighted by Gasteiger charge is -2.44. The number of imidazole rings is 1. The Labute approximate surface area is 266 Å². The van der Waals surface area contributed by atoms with Crippen molar-refractivity contribution < 1.29 is 33.3 Å². The number of carbonyl (C=O) groups excluding carboxylic acids is 3. The van der Waals surface area contributed by atoms with Gasteiger partial charge in [-0.05, 0) is 58.1 Å². The standard InChI is InChI=1S/C33H51N5O7/c1-23(2)20-38(31(40)29-34-27-11-10-26(43-7)19-28(27)37(29)12-8-9-15-42-6)25-18-24(30(39)35-13-16-44-17-14-35)21-36(22-25)32(41)45-33(3,4)5/h10-11,19,23-25H,8-9,12-18,20-22H2,1-7H3. The monoisotopic (exact) mass is 629 g/mol. The summed E-state index contributed by atoms with van der Waals surface area (Å²) in [5, 5.41) is 0. The van der Waals surface area contributed by atoms with Crippen LogP contribution in [0, 0.1) is 11.8 Å². The van der Waals surface area contributed by atoms with Crippen LogP contribution in [0.4, 0.5) is 4.79 Å². The van der Waals surface area contributed by atoms with Gasteiger partial charge in [0.15, 0.2) is 5.82 Å². The van der Waals surface area contributed by atoms with Crippen molar-refractivity contribution in [3.8, 4) is 5.75 Å². The van der Waals surface area contributed by atoms with Gasteiger partial charge in [-0.3, -0.25) is 9.59 Å². The van der Waals surface area contributed by atoms with E-state index in [1.165, 1.54) is 0 Å². The molecule has 2 aliphatic heterocycles. The number of fused-ring (bicyclic) bond motifs is 1. The Kier molecular flexibility index (Phi) is 11.7. The molecule has 2 saturated heterocycles. The molecule has 2 aliphatic rings. The smallest absolute Gasteiger partial charge is 0.410 e. The van der Waals surface area contributed by atoms with E-state index in [4.69, 9.17) is 23.9 Å². The number of rotatable bonds is 11. The van der Waals surface area contributed by atoms with Crippen LogP contribution < -0.4 is 4.74 Å². The lowest BCUT2D eigenvalue weighted by Crippen LogP contribution is -2.58. The number of likely N-dealkylation sites (tertiary alicyclic amines) is 1. The van der Waals surface area contributed by atoms with Crippen molar-refractivity contribution in [1.82, 2.24) is 24.3 Å². The number of aryl methyl sites for hydroxylation is 1. The fraction of sp³-hybridized carbons (Fsp3) is 0.697. The van der Waals surface area contributed by atoms with Gasteiger partial charge in [0.2, 0.25) is 5.91 Å². The van der Waals surface area contributed by atoms with Gasteiger partial charge in [-0.15, -0.1) is 0 Å². The molecule has 2 atom stereocenters. The Morgan fingerprint density at radius 3 is 2.44 bits per heavy atom.